The summed E-state index contributed by atoms with van der Waals surface area (Å²) < 4.78 is 10.4. The minimum Gasteiger partial charge on any atom is -0.494 e. The molecule has 2 rings (SSSR count). The predicted molar refractivity (Wildman–Crippen MR) is 99.4 cm³/mol. The van der Waals surface area contributed by atoms with Crippen molar-refractivity contribution in [3.05, 3.63) is 48.5 Å². The molecule has 0 aliphatic heterocycles. The second-order valence-electron chi connectivity index (χ2n) is 6.03. The Morgan fingerprint density at radius 2 is 1.32 bits per heavy atom. The minimum absolute atomic E-state index is 0.315. The summed E-state index contributed by atoms with van der Waals surface area (Å²) in [5, 5.41) is 8.59. The lowest BCUT2D eigenvalue weighted by atomic mass is 10.1. The van der Waals surface area contributed by atoms with E-state index in [9.17, 15) is 4.79 Å². The van der Waals surface area contributed by atoms with Crippen LogP contribution in [0, 0.1) is 0 Å². The van der Waals surface area contributed by atoms with Crippen LogP contribution in [0.1, 0.15) is 45.4 Å². The summed E-state index contributed by atoms with van der Waals surface area (Å²) in [6.45, 7) is 2.98. The van der Waals surface area contributed by atoms with E-state index in [4.69, 9.17) is 9.84 Å². The normalized spacial score (nSPS) is 10.4. The molecule has 0 heterocycles. The topological polar surface area (TPSA) is 55.8 Å². The maximum atomic E-state index is 10.5. The van der Waals surface area contributed by atoms with Crippen LogP contribution >= 0.6 is 0 Å². The Morgan fingerprint density at radius 1 is 0.800 bits per heavy atom. The zero-order valence-corrected chi connectivity index (χ0v) is 14.7. The highest BCUT2D eigenvalue weighted by Crippen LogP contribution is 2.24. The molecule has 1 N–H and O–H groups in total. The first-order chi connectivity index (χ1) is 12.2. The van der Waals surface area contributed by atoms with Crippen molar-refractivity contribution in [3.8, 4) is 22.6 Å². The first-order valence-electron chi connectivity index (χ1n) is 8.93. The Balaban J connectivity index is 1.78. The van der Waals surface area contributed by atoms with Crippen LogP contribution in [0.2, 0.25) is 0 Å². The van der Waals surface area contributed by atoms with Gasteiger partial charge in [0.2, 0.25) is 0 Å². The van der Waals surface area contributed by atoms with Crippen molar-refractivity contribution in [3.63, 3.8) is 0 Å². The van der Waals surface area contributed by atoms with Crippen LogP contribution in [0.15, 0.2) is 48.5 Å². The molecule has 2 aromatic carbocycles. The zero-order valence-electron chi connectivity index (χ0n) is 14.7. The smallest absolute Gasteiger partial charge is 0.494 e. The Morgan fingerprint density at radius 3 is 1.88 bits per heavy atom. The number of rotatable bonds is 10. The van der Waals surface area contributed by atoms with E-state index in [0.29, 0.717) is 5.75 Å². The summed E-state index contributed by atoms with van der Waals surface area (Å²) in [6.07, 6.45) is 6.22. The molecule has 4 nitrogen and oxygen atoms in total. The van der Waals surface area contributed by atoms with Gasteiger partial charge in [-0.05, 0) is 41.8 Å². The summed E-state index contributed by atoms with van der Waals surface area (Å²) in [7, 11) is 0. The molecule has 2 aromatic rings. The number of carboxylic acid groups (broad SMARTS) is 1. The molecule has 0 saturated heterocycles. The fourth-order valence-corrected chi connectivity index (χ4v) is 2.63. The highest BCUT2D eigenvalue weighted by molar-refractivity contribution is 5.66. The first-order valence-corrected chi connectivity index (χ1v) is 8.93. The number of benzene rings is 2. The average Bonchev–Trinajstić information content (AvgIpc) is 2.62. The third-order valence-electron chi connectivity index (χ3n) is 4.01. The van der Waals surface area contributed by atoms with Crippen molar-refractivity contribution in [1.29, 1.82) is 0 Å². The summed E-state index contributed by atoms with van der Waals surface area (Å²) in [4.78, 5) is 10.5. The predicted octanol–water partition coefficient (Wildman–Crippen LogP) is 6.15. The van der Waals surface area contributed by atoms with Crippen molar-refractivity contribution in [2.75, 3.05) is 6.61 Å². The quantitative estimate of drug-likeness (QED) is 0.319. The van der Waals surface area contributed by atoms with E-state index in [1.54, 1.807) is 12.1 Å². The largest absolute Gasteiger partial charge is 0.511 e. The van der Waals surface area contributed by atoms with Crippen LogP contribution in [0.5, 0.6) is 11.5 Å². The average molecular weight is 342 g/mol. The van der Waals surface area contributed by atoms with Crippen molar-refractivity contribution < 1.29 is 19.4 Å². The number of carbonyl (C=O) groups is 1. The summed E-state index contributed by atoms with van der Waals surface area (Å²) in [5.74, 6) is 1.19. The van der Waals surface area contributed by atoms with E-state index in [1.165, 1.54) is 32.1 Å². The molecule has 25 heavy (non-hydrogen) atoms. The molecule has 0 spiro atoms. The highest BCUT2D eigenvalue weighted by atomic mass is 16.7. The highest BCUT2D eigenvalue weighted by Gasteiger charge is 2.03. The van der Waals surface area contributed by atoms with Crippen LogP contribution in [-0.2, 0) is 0 Å². The molecule has 0 aliphatic rings. The van der Waals surface area contributed by atoms with Gasteiger partial charge in [-0.1, -0.05) is 63.3 Å². The van der Waals surface area contributed by atoms with Gasteiger partial charge in [0.1, 0.15) is 11.5 Å². The van der Waals surface area contributed by atoms with Gasteiger partial charge in [0.15, 0.2) is 0 Å². The van der Waals surface area contributed by atoms with E-state index >= 15 is 0 Å². The molecule has 4 heteroatoms. The van der Waals surface area contributed by atoms with Crippen LogP contribution in [-0.4, -0.2) is 17.9 Å². The second-order valence-corrected chi connectivity index (χ2v) is 6.03. The lowest BCUT2D eigenvalue weighted by Gasteiger charge is -2.08. The second kappa shape index (κ2) is 10.4. The molecule has 0 amide bonds. The fourth-order valence-electron chi connectivity index (χ4n) is 2.63. The van der Waals surface area contributed by atoms with Crippen LogP contribution < -0.4 is 9.47 Å². The van der Waals surface area contributed by atoms with E-state index in [2.05, 4.69) is 11.7 Å². The lowest BCUT2D eigenvalue weighted by molar-refractivity contribution is 0.144. The molecule has 0 aliphatic carbocycles. The van der Waals surface area contributed by atoms with E-state index in [0.717, 1.165) is 29.9 Å². The van der Waals surface area contributed by atoms with Gasteiger partial charge in [0.05, 0.1) is 6.61 Å². The molecule has 0 aromatic heterocycles. The Bertz CT molecular complexity index is 632. The Hall–Kier alpha value is -2.49. The number of unbranched alkanes of at least 4 members (excludes halogenated alkanes) is 5. The van der Waals surface area contributed by atoms with Gasteiger partial charge >= 0.3 is 6.16 Å². The van der Waals surface area contributed by atoms with Gasteiger partial charge in [-0.25, -0.2) is 4.79 Å². The summed E-state index contributed by atoms with van der Waals surface area (Å²) in [6, 6.07) is 14.9. The third-order valence-corrected chi connectivity index (χ3v) is 4.01. The monoisotopic (exact) mass is 342 g/mol. The van der Waals surface area contributed by atoms with E-state index < -0.39 is 6.16 Å². The minimum atomic E-state index is -1.31. The van der Waals surface area contributed by atoms with Crippen LogP contribution in [0.3, 0.4) is 0 Å². The van der Waals surface area contributed by atoms with Gasteiger partial charge in [-0.2, -0.15) is 0 Å². The van der Waals surface area contributed by atoms with Gasteiger partial charge in [-0.15, -0.1) is 0 Å². The molecule has 0 unspecified atom stereocenters. The molecule has 0 radical (unpaired) electrons. The number of hydrogen-bond donors (Lipinski definition) is 1. The van der Waals surface area contributed by atoms with Crippen molar-refractivity contribution >= 4 is 6.16 Å². The summed E-state index contributed by atoms with van der Waals surface area (Å²) >= 11 is 0. The Kier molecular flexibility index (Phi) is 7.83. The Labute approximate surface area is 149 Å². The molecule has 0 bridgehead atoms. The lowest BCUT2D eigenvalue weighted by Crippen LogP contribution is -2.02. The first kappa shape index (κ1) is 18.8. The molecule has 0 saturated carbocycles. The van der Waals surface area contributed by atoms with Crippen molar-refractivity contribution in [2.45, 2.75) is 45.4 Å². The van der Waals surface area contributed by atoms with Crippen LogP contribution in [0.4, 0.5) is 4.79 Å². The SMILES string of the molecule is CCCCCCCCOc1ccc(-c2ccc(OC(=O)O)cc2)cc1. The maximum absolute atomic E-state index is 10.5. The third kappa shape index (κ3) is 6.87. The van der Waals surface area contributed by atoms with Crippen LogP contribution in [0.25, 0.3) is 11.1 Å². The van der Waals surface area contributed by atoms with Gasteiger partial charge in [0.25, 0.3) is 0 Å². The van der Waals surface area contributed by atoms with E-state index in [1.807, 2.05) is 36.4 Å². The summed E-state index contributed by atoms with van der Waals surface area (Å²) in [5.41, 5.74) is 2.05. The van der Waals surface area contributed by atoms with E-state index in [-0.39, 0.29) is 0 Å². The van der Waals surface area contributed by atoms with Crippen molar-refractivity contribution in [2.24, 2.45) is 0 Å². The number of hydrogen-bond acceptors (Lipinski definition) is 3. The molecular weight excluding hydrogens is 316 g/mol. The maximum Gasteiger partial charge on any atom is 0.511 e. The van der Waals surface area contributed by atoms with Gasteiger partial charge in [0, 0.05) is 0 Å². The zero-order chi connectivity index (χ0) is 17.9. The molecular formula is C21H26O4. The van der Waals surface area contributed by atoms with Crippen molar-refractivity contribution in [1.82, 2.24) is 0 Å². The molecule has 0 fully saturated rings. The standard InChI is InChI=1S/C21H26O4/c1-2-3-4-5-6-7-16-24-19-12-8-17(9-13-19)18-10-14-20(15-11-18)25-21(22)23/h8-15H,2-7,16H2,1H3,(H,22,23). The fraction of sp³-hybridized carbons (Fsp3) is 0.381. The van der Waals surface area contributed by atoms with Gasteiger partial charge < -0.3 is 14.6 Å². The molecule has 134 valence electrons. The molecule has 0 atom stereocenters. The number of ether oxygens (including phenoxy) is 2. The van der Waals surface area contributed by atoms with Gasteiger partial charge in [-0.3, -0.25) is 0 Å².